The van der Waals surface area contributed by atoms with E-state index in [1.165, 1.54) is 0 Å². The third kappa shape index (κ3) is 28.4. The smallest absolute Gasteiger partial charge is 0.220 e. The van der Waals surface area contributed by atoms with Crippen molar-refractivity contribution >= 4 is 28.9 Å². The molecule has 62 heavy (non-hydrogen) atoms. The van der Waals surface area contributed by atoms with Crippen LogP contribution in [0.2, 0.25) is 0 Å². The first-order valence-electron chi connectivity index (χ1n) is 21.6. The van der Waals surface area contributed by atoms with Crippen molar-refractivity contribution in [2.45, 2.75) is 6.92 Å². The highest BCUT2D eigenvalue weighted by atomic mass is 16.6. The second-order valence-electron chi connectivity index (χ2n) is 13.4. The summed E-state index contributed by atoms with van der Waals surface area (Å²) in [6, 6.07) is 13.9. The molecule has 0 spiro atoms. The number of anilines is 1. The summed E-state index contributed by atoms with van der Waals surface area (Å²) in [6.07, 6.45) is 3.84. The zero-order chi connectivity index (χ0) is 43.8. The van der Waals surface area contributed by atoms with Crippen LogP contribution in [0.3, 0.4) is 0 Å². The lowest BCUT2D eigenvalue weighted by Gasteiger charge is -2.11. The maximum atomic E-state index is 5.90. The van der Waals surface area contributed by atoms with Gasteiger partial charge >= 0.3 is 0 Å². The Morgan fingerprint density at radius 2 is 0.790 bits per heavy atom. The molecular formula is C45H72N2O15. The van der Waals surface area contributed by atoms with E-state index < -0.39 is 0 Å². The van der Waals surface area contributed by atoms with Gasteiger partial charge in [-0.05, 0) is 42.8 Å². The minimum absolute atomic E-state index is 0.410. The number of rotatable bonds is 44. The fourth-order valence-electron chi connectivity index (χ4n) is 5.14. The standard InChI is InChI=1S/C45H72N2O15/c1-4-48-13-14-49-15-16-50-17-18-51-19-20-52-21-22-53-23-24-54-25-26-55-27-28-56-29-30-57-31-32-58-33-34-59-35-36-60-37-38-61-42-10-11-43-44(39-42)62-45(46-43)12-7-40-5-8-41(9-6-40)47(2)3/h5-12,39H,4,13-38H2,1-3H3/b12-7+. The molecule has 0 radical (unpaired) electrons. The van der Waals surface area contributed by atoms with Crippen LogP contribution in [-0.2, 0) is 61.6 Å². The van der Waals surface area contributed by atoms with Crippen molar-refractivity contribution in [3.63, 3.8) is 0 Å². The van der Waals surface area contributed by atoms with E-state index in [0.29, 0.717) is 196 Å². The number of fused-ring (bicyclic) bond motifs is 1. The minimum Gasteiger partial charge on any atom is -0.491 e. The van der Waals surface area contributed by atoms with E-state index in [2.05, 4.69) is 34.1 Å². The Labute approximate surface area is 368 Å². The minimum atomic E-state index is 0.410. The predicted octanol–water partition coefficient (Wildman–Crippen LogP) is 4.68. The maximum absolute atomic E-state index is 5.90. The first-order chi connectivity index (χ1) is 30.7. The summed E-state index contributed by atoms with van der Waals surface area (Å²) in [4.78, 5) is 6.60. The van der Waals surface area contributed by atoms with Gasteiger partial charge in [0.05, 0.1) is 165 Å². The highest BCUT2D eigenvalue weighted by molar-refractivity contribution is 5.77. The molecule has 0 aliphatic heterocycles. The number of oxazole rings is 1. The Balaban J connectivity index is 0.958. The molecule has 1 heterocycles. The van der Waals surface area contributed by atoms with Crippen LogP contribution in [-0.4, -0.2) is 197 Å². The largest absolute Gasteiger partial charge is 0.491 e. The Hall–Kier alpha value is -3.27. The normalized spacial score (nSPS) is 11.7. The molecule has 0 aliphatic rings. The first-order valence-corrected chi connectivity index (χ1v) is 21.6. The van der Waals surface area contributed by atoms with Crippen LogP contribution in [0.1, 0.15) is 18.4 Å². The average molecular weight is 881 g/mol. The van der Waals surface area contributed by atoms with Gasteiger partial charge in [0.1, 0.15) is 17.9 Å². The third-order valence-electron chi connectivity index (χ3n) is 8.37. The van der Waals surface area contributed by atoms with Gasteiger partial charge < -0.3 is 75.6 Å². The zero-order valence-electron chi connectivity index (χ0n) is 37.3. The van der Waals surface area contributed by atoms with E-state index in [-0.39, 0.29) is 0 Å². The van der Waals surface area contributed by atoms with E-state index in [1.807, 2.05) is 51.4 Å². The molecule has 0 fully saturated rings. The number of benzene rings is 2. The van der Waals surface area contributed by atoms with Crippen LogP contribution in [0.4, 0.5) is 5.69 Å². The van der Waals surface area contributed by atoms with E-state index in [4.69, 9.17) is 70.7 Å². The molecule has 352 valence electrons. The summed E-state index contributed by atoms with van der Waals surface area (Å²) in [5, 5.41) is 0. The van der Waals surface area contributed by atoms with Crippen molar-refractivity contribution in [3.8, 4) is 5.75 Å². The van der Waals surface area contributed by atoms with Gasteiger partial charge in [-0.2, -0.15) is 0 Å². The summed E-state index contributed by atoms with van der Waals surface area (Å²) < 4.78 is 83.0. The van der Waals surface area contributed by atoms with Crippen molar-refractivity contribution in [1.82, 2.24) is 4.98 Å². The molecular weight excluding hydrogens is 808 g/mol. The second-order valence-corrected chi connectivity index (χ2v) is 13.4. The van der Waals surface area contributed by atoms with Gasteiger partial charge in [-0.1, -0.05) is 12.1 Å². The summed E-state index contributed by atoms with van der Waals surface area (Å²) >= 11 is 0. The van der Waals surface area contributed by atoms with Gasteiger partial charge in [0.25, 0.3) is 0 Å². The second kappa shape index (κ2) is 38.2. The number of nitrogens with zero attached hydrogens (tertiary/aromatic N) is 2. The van der Waals surface area contributed by atoms with E-state index in [0.717, 1.165) is 16.8 Å². The fraction of sp³-hybridized carbons (Fsp3) is 0.667. The quantitative estimate of drug-likeness (QED) is 0.0721. The van der Waals surface area contributed by atoms with Crippen molar-refractivity contribution in [2.24, 2.45) is 0 Å². The van der Waals surface area contributed by atoms with Crippen molar-refractivity contribution in [2.75, 3.05) is 197 Å². The van der Waals surface area contributed by atoms with Crippen LogP contribution >= 0.6 is 0 Å². The molecule has 2 aromatic carbocycles. The fourth-order valence-corrected chi connectivity index (χ4v) is 5.14. The van der Waals surface area contributed by atoms with Crippen LogP contribution < -0.4 is 9.64 Å². The van der Waals surface area contributed by atoms with Gasteiger partial charge in [0, 0.05) is 38.5 Å². The molecule has 3 aromatic rings. The SMILES string of the molecule is CCOCCOCCOCCOCCOCCOCCOCCOCCOCCOCCOCCOCCOCCOc1ccc2nc(/C=C/c3ccc(N(C)C)cc3)oc2c1. The van der Waals surface area contributed by atoms with Crippen LogP contribution in [0, 0.1) is 0 Å². The number of hydrogen-bond donors (Lipinski definition) is 0. The van der Waals surface area contributed by atoms with Crippen molar-refractivity contribution in [1.29, 1.82) is 0 Å². The molecule has 1 aromatic heterocycles. The lowest BCUT2D eigenvalue weighted by molar-refractivity contribution is -0.0291. The number of aromatic nitrogens is 1. The lowest BCUT2D eigenvalue weighted by atomic mass is 10.2. The van der Waals surface area contributed by atoms with Crippen molar-refractivity contribution < 1.29 is 70.7 Å². The first kappa shape index (κ1) is 53.1. The summed E-state index contributed by atoms with van der Waals surface area (Å²) in [5.74, 6) is 1.23. The van der Waals surface area contributed by atoms with Crippen LogP contribution in [0.25, 0.3) is 23.3 Å². The number of hydrogen-bond acceptors (Lipinski definition) is 17. The summed E-state index contributed by atoms with van der Waals surface area (Å²) in [7, 11) is 4.04. The topological polar surface area (TPSA) is 158 Å². The molecule has 0 amide bonds. The molecule has 17 nitrogen and oxygen atoms in total. The van der Waals surface area contributed by atoms with Gasteiger partial charge in [0.15, 0.2) is 5.58 Å². The van der Waals surface area contributed by atoms with E-state index in [9.17, 15) is 0 Å². The Morgan fingerprint density at radius 3 is 1.15 bits per heavy atom. The average Bonchev–Trinajstić information content (AvgIpc) is 3.70. The van der Waals surface area contributed by atoms with Crippen LogP contribution in [0.5, 0.6) is 5.75 Å². The van der Waals surface area contributed by atoms with Gasteiger partial charge in [-0.25, -0.2) is 4.98 Å². The van der Waals surface area contributed by atoms with Gasteiger partial charge in [-0.3, -0.25) is 0 Å². The van der Waals surface area contributed by atoms with Gasteiger partial charge in [-0.15, -0.1) is 0 Å². The lowest BCUT2D eigenvalue weighted by Crippen LogP contribution is -2.15. The molecule has 0 bridgehead atoms. The Kier molecular flexibility index (Phi) is 32.7. The molecule has 0 unspecified atom stereocenters. The molecule has 0 N–H and O–H groups in total. The van der Waals surface area contributed by atoms with Crippen LogP contribution in [0.15, 0.2) is 46.9 Å². The molecule has 0 atom stereocenters. The Morgan fingerprint density at radius 1 is 0.435 bits per heavy atom. The highest BCUT2D eigenvalue weighted by Crippen LogP contribution is 2.23. The molecule has 17 heteroatoms. The van der Waals surface area contributed by atoms with Gasteiger partial charge in [0.2, 0.25) is 5.89 Å². The Bertz CT molecular complexity index is 1480. The summed E-state index contributed by atoms with van der Waals surface area (Å²) in [6.45, 7) is 15.8. The van der Waals surface area contributed by atoms with E-state index in [1.54, 1.807) is 0 Å². The highest BCUT2D eigenvalue weighted by Gasteiger charge is 2.06. The zero-order valence-corrected chi connectivity index (χ0v) is 37.3. The monoisotopic (exact) mass is 880 g/mol. The number of ether oxygens (including phenoxy) is 14. The molecule has 0 aliphatic carbocycles. The molecule has 0 saturated heterocycles. The molecule has 3 rings (SSSR count). The predicted molar refractivity (Wildman–Crippen MR) is 236 cm³/mol. The third-order valence-corrected chi connectivity index (χ3v) is 8.37. The molecule has 0 saturated carbocycles. The van der Waals surface area contributed by atoms with E-state index >= 15 is 0 Å². The van der Waals surface area contributed by atoms with Crippen molar-refractivity contribution in [3.05, 3.63) is 53.9 Å². The maximum Gasteiger partial charge on any atom is 0.220 e. The summed E-state index contributed by atoms with van der Waals surface area (Å²) in [5.41, 5.74) is 3.66.